The van der Waals surface area contributed by atoms with Gasteiger partial charge in [-0.05, 0) is 31.2 Å². The summed E-state index contributed by atoms with van der Waals surface area (Å²) in [5.41, 5.74) is -0.0271. The molecule has 1 N–H and O–H groups in total. The van der Waals surface area contributed by atoms with Crippen molar-refractivity contribution in [3.8, 4) is 11.5 Å². The number of aromatic nitrogens is 1. The van der Waals surface area contributed by atoms with Crippen LogP contribution >= 0.6 is 23.2 Å². The molecular formula is C17H14Cl2F2N2O5. The van der Waals surface area contributed by atoms with E-state index in [0.717, 1.165) is 12.1 Å². The summed E-state index contributed by atoms with van der Waals surface area (Å²) in [5.74, 6) is -1.85. The van der Waals surface area contributed by atoms with E-state index in [2.05, 4.69) is 15.0 Å². The van der Waals surface area contributed by atoms with Crippen LogP contribution in [0.5, 0.6) is 11.5 Å². The minimum Gasteiger partial charge on any atom is -0.493 e. The third-order valence-corrected chi connectivity index (χ3v) is 3.81. The number of hydrogen-bond acceptors (Lipinski definition) is 6. The Balaban J connectivity index is 2.05. The molecule has 0 fully saturated rings. The molecule has 28 heavy (non-hydrogen) atoms. The Morgan fingerprint density at radius 1 is 1.18 bits per heavy atom. The summed E-state index contributed by atoms with van der Waals surface area (Å²) in [6.07, 6.45) is 0.0821. The molecule has 1 aromatic carbocycles. The third-order valence-electron chi connectivity index (χ3n) is 3.32. The molecule has 0 saturated heterocycles. The Hall–Kier alpha value is -2.65. The predicted molar refractivity (Wildman–Crippen MR) is 97.4 cm³/mol. The van der Waals surface area contributed by atoms with Crippen LogP contribution in [-0.4, -0.2) is 36.7 Å². The van der Waals surface area contributed by atoms with Crippen molar-refractivity contribution in [2.75, 3.05) is 12.4 Å². The van der Waals surface area contributed by atoms with Gasteiger partial charge in [-0.15, -0.1) is 0 Å². The van der Waals surface area contributed by atoms with Crippen molar-refractivity contribution < 1.29 is 32.6 Å². The Labute approximate surface area is 168 Å². The first-order valence-electron chi connectivity index (χ1n) is 7.67. The predicted octanol–water partition coefficient (Wildman–Crippen LogP) is 4.18. The molecule has 0 radical (unpaired) electrons. The first kappa shape index (κ1) is 21.6. The van der Waals surface area contributed by atoms with Crippen molar-refractivity contribution >= 4 is 40.9 Å². The number of anilines is 1. The van der Waals surface area contributed by atoms with Gasteiger partial charge in [0.2, 0.25) is 0 Å². The number of hydrogen-bond donors (Lipinski definition) is 1. The molecule has 0 aliphatic rings. The summed E-state index contributed by atoms with van der Waals surface area (Å²) in [7, 11) is 1.22. The molecule has 0 bridgehead atoms. The van der Waals surface area contributed by atoms with Crippen LogP contribution in [0, 0.1) is 0 Å². The number of nitrogens with zero attached hydrogens (tertiary/aromatic N) is 1. The number of pyridine rings is 1. The molecule has 0 saturated carbocycles. The van der Waals surface area contributed by atoms with E-state index in [1.165, 1.54) is 32.4 Å². The van der Waals surface area contributed by atoms with E-state index < -0.39 is 24.6 Å². The highest BCUT2D eigenvalue weighted by molar-refractivity contribution is 6.36. The van der Waals surface area contributed by atoms with Gasteiger partial charge < -0.3 is 19.5 Å². The lowest BCUT2D eigenvalue weighted by molar-refractivity contribution is -0.123. The second-order valence-electron chi connectivity index (χ2n) is 5.26. The number of methoxy groups -OCH3 is 1. The lowest BCUT2D eigenvalue weighted by Crippen LogP contribution is -2.30. The van der Waals surface area contributed by atoms with Crippen LogP contribution < -0.4 is 14.8 Å². The summed E-state index contributed by atoms with van der Waals surface area (Å²) in [6, 6.07) is 4.87. The molecule has 2 aromatic rings. The fourth-order valence-electron chi connectivity index (χ4n) is 1.99. The highest BCUT2D eigenvalue weighted by atomic mass is 35.5. The van der Waals surface area contributed by atoms with Crippen LogP contribution in [0.3, 0.4) is 0 Å². The monoisotopic (exact) mass is 434 g/mol. The average molecular weight is 435 g/mol. The fourth-order valence-corrected chi connectivity index (χ4v) is 2.42. The van der Waals surface area contributed by atoms with Crippen molar-refractivity contribution in [1.82, 2.24) is 4.98 Å². The van der Waals surface area contributed by atoms with Gasteiger partial charge in [0.1, 0.15) is 0 Å². The van der Waals surface area contributed by atoms with E-state index in [1.54, 1.807) is 0 Å². The summed E-state index contributed by atoms with van der Waals surface area (Å²) in [5, 5.41) is 2.80. The normalized spacial score (nSPS) is 11.7. The van der Waals surface area contributed by atoms with E-state index in [4.69, 9.17) is 32.7 Å². The number of amides is 1. The highest BCUT2D eigenvalue weighted by Gasteiger charge is 2.22. The third kappa shape index (κ3) is 5.67. The fraction of sp³-hybridized carbons (Fsp3) is 0.235. The lowest BCUT2D eigenvalue weighted by atomic mass is 10.2. The summed E-state index contributed by atoms with van der Waals surface area (Å²) < 4.78 is 38.9. The number of halogens is 4. The maximum Gasteiger partial charge on any atom is 0.387 e. The second-order valence-corrected chi connectivity index (χ2v) is 6.11. The molecule has 0 aliphatic carbocycles. The van der Waals surface area contributed by atoms with Gasteiger partial charge in [0.25, 0.3) is 5.91 Å². The van der Waals surface area contributed by atoms with Crippen molar-refractivity contribution in [1.29, 1.82) is 0 Å². The number of ether oxygens (including phenoxy) is 3. The zero-order valence-corrected chi connectivity index (χ0v) is 16.1. The number of carbonyl (C=O) groups excluding carboxylic acids is 2. The quantitative estimate of drug-likeness (QED) is 0.657. The van der Waals surface area contributed by atoms with Crippen molar-refractivity contribution in [3.63, 3.8) is 0 Å². The smallest absolute Gasteiger partial charge is 0.387 e. The molecule has 1 heterocycles. The Morgan fingerprint density at radius 2 is 1.89 bits per heavy atom. The number of rotatable bonds is 7. The zero-order valence-electron chi connectivity index (χ0n) is 14.5. The maximum absolute atomic E-state index is 12.4. The van der Waals surface area contributed by atoms with Gasteiger partial charge in [0.05, 0.1) is 22.7 Å². The lowest BCUT2D eigenvalue weighted by Gasteiger charge is -2.15. The van der Waals surface area contributed by atoms with Gasteiger partial charge >= 0.3 is 12.6 Å². The number of benzene rings is 1. The Morgan fingerprint density at radius 3 is 2.50 bits per heavy atom. The molecule has 0 spiro atoms. The van der Waals surface area contributed by atoms with E-state index in [-0.39, 0.29) is 32.9 Å². The first-order valence-corrected chi connectivity index (χ1v) is 8.42. The Bertz CT molecular complexity index is 883. The van der Waals surface area contributed by atoms with E-state index in [1.807, 2.05) is 0 Å². The van der Waals surface area contributed by atoms with Crippen LogP contribution in [0.1, 0.15) is 17.3 Å². The molecule has 2 rings (SSSR count). The van der Waals surface area contributed by atoms with Crippen LogP contribution in [0.15, 0.2) is 30.5 Å². The van der Waals surface area contributed by atoms with Gasteiger partial charge in [0.15, 0.2) is 23.4 Å². The standard InChI is InChI=1S/C17H14Cl2F2N2O5/c1-8(15(24)23-14-11(19)6-10(18)7-22-14)27-16(25)9-3-4-12(28-17(20)21)13(5-9)26-2/h3-8,17H,1-2H3,(H,22,23,24). The van der Waals surface area contributed by atoms with E-state index in [0.29, 0.717) is 0 Å². The molecule has 7 nitrogen and oxygen atoms in total. The molecule has 1 atom stereocenters. The Kier molecular flexibility index (Phi) is 7.36. The topological polar surface area (TPSA) is 86.8 Å². The van der Waals surface area contributed by atoms with Crippen molar-refractivity contribution in [2.45, 2.75) is 19.6 Å². The SMILES string of the molecule is COc1cc(C(=O)OC(C)C(=O)Nc2ncc(Cl)cc2Cl)ccc1OC(F)F. The van der Waals surface area contributed by atoms with Crippen LogP contribution in [0.2, 0.25) is 10.0 Å². The van der Waals surface area contributed by atoms with Gasteiger partial charge in [-0.1, -0.05) is 23.2 Å². The average Bonchev–Trinajstić information content (AvgIpc) is 2.63. The van der Waals surface area contributed by atoms with Gasteiger partial charge in [-0.25, -0.2) is 9.78 Å². The number of alkyl halides is 2. The van der Waals surface area contributed by atoms with Crippen molar-refractivity contribution in [3.05, 3.63) is 46.1 Å². The molecule has 1 aromatic heterocycles. The first-order chi connectivity index (χ1) is 13.2. The van der Waals surface area contributed by atoms with E-state index in [9.17, 15) is 18.4 Å². The largest absolute Gasteiger partial charge is 0.493 e. The summed E-state index contributed by atoms with van der Waals surface area (Å²) in [4.78, 5) is 28.3. The molecule has 1 amide bonds. The van der Waals surface area contributed by atoms with E-state index >= 15 is 0 Å². The van der Waals surface area contributed by atoms with Crippen LogP contribution in [0.25, 0.3) is 0 Å². The molecule has 1 unspecified atom stereocenters. The van der Waals surface area contributed by atoms with Gasteiger partial charge in [0, 0.05) is 6.20 Å². The van der Waals surface area contributed by atoms with Gasteiger partial charge in [-0.3, -0.25) is 4.79 Å². The number of esters is 1. The zero-order chi connectivity index (χ0) is 20.8. The molecular weight excluding hydrogens is 421 g/mol. The minimum atomic E-state index is -3.05. The molecule has 0 aliphatic heterocycles. The maximum atomic E-state index is 12.4. The highest BCUT2D eigenvalue weighted by Crippen LogP contribution is 2.30. The molecule has 11 heteroatoms. The van der Waals surface area contributed by atoms with Crippen LogP contribution in [-0.2, 0) is 9.53 Å². The van der Waals surface area contributed by atoms with Gasteiger partial charge in [-0.2, -0.15) is 8.78 Å². The summed E-state index contributed by atoms with van der Waals surface area (Å²) in [6.45, 7) is -1.72. The number of carbonyl (C=O) groups is 2. The molecule has 150 valence electrons. The minimum absolute atomic E-state index is 0.0271. The number of nitrogens with one attached hydrogen (secondary N) is 1. The second kappa shape index (κ2) is 9.52. The van der Waals surface area contributed by atoms with Crippen LogP contribution in [0.4, 0.5) is 14.6 Å². The summed E-state index contributed by atoms with van der Waals surface area (Å²) >= 11 is 11.6. The van der Waals surface area contributed by atoms with Crippen molar-refractivity contribution in [2.24, 2.45) is 0 Å².